The fraction of sp³-hybridized carbons (Fsp3) is 0.350. The van der Waals surface area contributed by atoms with Crippen molar-refractivity contribution in [3.8, 4) is 11.1 Å². The molecule has 0 saturated heterocycles. The number of hydrogen-bond acceptors (Lipinski definition) is 2. The minimum Gasteiger partial charge on any atom is -0.346 e. The van der Waals surface area contributed by atoms with E-state index in [0.717, 1.165) is 21.4 Å². The lowest BCUT2D eigenvalue weighted by atomic mass is 10.0. The van der Waals surface area contributed by atoms with Crippen molar-refractivity contribution in [3.05, 3.63) is 47.2 Å². The third-order valence-electron chi connectivity index (χ3n) is 4.59. The van der Waals surface area contributed by atoms with Crippen molar-refractivity contribution < 1.29 is 0 Å². The fourth-order valence-electron chi connectivity index (χ4n) is 3.01. The molecule has 0 aliphatic carbocycles. The highest BCUT2D eigenvalue weighted by Gasteiger charge is 2.09. The Morgan fingerprint density at radius 1 is 1.21 bits per heavy atom. The van der Waals surface area contributed by atoms with Crippen LogP contribution in [0.2, 0.25) is 0 Å². The van der Waals surface area contributed by atoms with Gasteiger partial charge in [-0.15, -0.1) is 11.8 Å². The van der Waals surface area contributed by atoms with Crippen molar-refractivity contribution in [1.82, 2.24) is 9.97 Å². The third kappa shape index (κ3) is 4.04. The van der Waals surface area contributed by atoms with Crippen LogP contribution in [0.3, 0.4) is 0 Å². The summed E-state index contributed by atoms with van der Waals surface area (Å²) in [5.41, 5.74) is 3.38. The van der Waals surface area contributed by atoms with E-state index in [9.17, 15) is 0 Å². The van der Waals surface area contributed by atoms with Crippen LogP contribution in [0.1, 0.15) is 33.1 Å². The number of rotatable bonds is 7. The first kappa shape index (κ1) is 17.6. The molecule has 0 amide bonds. The normalized spacial score (nSPS) is 11.5. The molecular weight excluding hydrogens is 380 g/mol. The Bertz CT molecular complexity index is 808. The molecule has 0 spiro atoms. The third-order valence-corrected chi connectivity index (χ3v) is 6.05. The summed E-state index contributed by atoms with van der Waals surface area (Å²) in [4.78, 5) is 9.04. The van der Waals surface area contributed by atoms with Crippen LogP contribution >= 0.6 is 27.7 Å². The average molecular weight is 403 g/mol. The van der Waals surface area contributed by atoms with Crippen LogP contribution in [-0.2, 0) is 0 Å². The van der Waals surface area contributed by atoms with Gasteiger partial charge in [0, 0.05) is 32.7 Å². The van der Waals surface area contributed by atoms with Gasteiger partial charge in [-0.05, 0) is 57.8 Å². The molecule has 2 nitrogen and oxygen atoms in total. The van der Waals surface area contributed by atoms with Crippen molar-refractivity contribution in [2.45, 2.75) is 38.0 Å². The smallest absolute Gasteiger partial charge is 0.137 e. The standard InChI is InChI=1S/C20H23BrN2S/c1-3-14(4-2)8-9-24-17-7-5-6-15(10-17)19-13-23-20-18(19)11-16(21)12-22-20/h5-7,10-14H,3-4,8-9H2,1-2H3,(H,22,23). The average Bonchev–Trinajstić information content (AvgIpc) is 3.02. The molecule has 126 valence electrons. The second-order valence-electron chi connectivity index (χ2n) is 6.10. The Morgan fingerprint density at radius 2 is 2.04 bits per heavy atom. The van der Waals surface area contributed by atoms with Crippen LogP contribution in [0.25, 0.3) is 22.2 Å². The van der Waals surface area contributed by atoms with E-state index in [1.165, 1.54) is 41.0 Å². The molecule has 24 heavy (non-hydrogen) atoms. The van der Waals surface area contributed by atoms with Crippen LogP contribution in [0.5, 0.6) is 0 Å². The number of thioether (sulfide) groups is 1. The van der Waals surface area contributed by atoms with Gasteiger partial charge in [0.15, 0.2) is 0 Å². The van der Waals surface area contributed by atoms with Gasteiger partial charge in [-0.25, -0.2) is 4.98 Å². The molecule has 2 aromatic heterocycles. The molecule has 2 heterocycles. The summed E-state index contributed by atoms with van der Waals surface area (Å²) >= 11 is 5.48. The van der Waals surface area contributed by atoms with Crippen LogP contribution in [0, 0.1) is 5.92 Å². The molecule has 0 saturated carbocycles. The Labute approximate surface area is 156 Å². The van der Waals surface area contributed by atoms with Gasteiger partial charge in [0.25, 0.3) is 0 Å². The Kier molecular flexibility index (Phi) is 6.01. The second kappa shape index (κ2) is 8.21. The zero-order valence-corrected chi connectivity index (χ0v) is 16.6. The lowest BCUT2D eigenvalue weighted by molar-refractivity contribution is 0.481. The van der Waals surface area contributed by atoms with Crippen LogP contribution in [0.15, 0.2) is 52.1 Å². The molecule has 0 fully saturated rings. The van der Waals surface area contributed by atoms with E-state index >= 15 is 0 Å². The second-order valence-corrected chi connectivity index (χ2v) is 8.18. The lowest BCUT2D eigenvalue weighted by Gasteiger charge is -2.11. The summed E-state index contributed by atoms with van der Waals surface area (Å²) in [6.45, 7) is 4.59. The van der Waals surface area contributed by atoms with Gasteiger partial charge in [-0.1, -0.05) is 38.8 Å². The highest BCUT2D eigenvalue weighted by atomic mass is 79.9. The molecule has 3 aromatic rings. The number of halogens is 1. The number of fused-ring (bicyclic) bond motifs is 1. The molecule has 0 aliphatic heterocycles. The number of aromatic nitrogens is 2. The van der Waals surface area contributed by atoms with E-state index in [0.29, 0.717) is 0 Å². The van der Waals surface area contributed by atoms with E-state index in [4.69, 9.17) is 0 Å². The fourth-order valence-corrected chi connectivity index (χ4v) is 4.41. The molecule has 3 rings (SSSR count). The SMILES string of the molecule is CCC(CC)CCSc1cccc(-c2c[nH]c3ncc(Br)cc23)c1. The van der Waals surface area contributed by atoms with Gasteiger partial charge in [-0.3, -0.25) is 0 Å². The van der Waals surface area contributed by atoms with Gasteiger partial charge >= 0.3 is 0 Å². The molecule has 0 atom stereocenters. The van der Waals surface area contributed by atoms with Gasteiger partial charge in [0.05, 0.1) is 0 Å². The summed E-state index contributed by atoms with van der Waals surface area (Å²) in [6, 6.07) is 11.0. The molecule has 0 aliphatic rings. The number of benzene rings is 1. The topological polar surface area (TPSA) is 28.7 Å². The molecule has 0 unspecified atom stereocenters. The summed E-state index contributed by atoms with van der Waals surface area (Å²) in [7, 11) is 0. The van der Waals surface area contributed by atoms with E-state index in [1.807, 2.05) is 18.0 Å². The first-order valence-electron chi connectivity index (χ1n) is 8.57. The zero-order chi connectivity index (χ0) is 16.9. The predicted octanol–water partition coefficient (Wildman–Crippen LogP) is 6.91. The Morgan fingerprint density at radius 3 is 2.83 bits per heavy atom. The minimum absolute atomic E-state index is 0.859. The van der Waals surface area contributed by atoms with Gasteiger partial charge in [-0.2, -0.15) is 0 Å². The van der Waals surface area contributed by atoms with Crippen molar-refractivity contribution in [2.24, 2.45) is 5.92 Å². The summed E-state index contributed by atoms with van der Waals surface area (Å²) < 4.78 is 1.01. The summed E-state index contributed by atoms with van der Waals surface area (Å²) in [6.07, 6.45) is 7.75. The van der Waals surface area contributed by atoms with Gasteiger partial charge < -0.3 is 4.98 Å². The molecule has 0 bridgehead atoms. The maximum absolute atomic E-state index is 4.43. The maximum Gasteiger partial charge on any atom is 0.137 e. The number of hydrogen-bond donors (Lipinski definition) is 1. The quantitative estimate of drug-likeness (QED) is 0.434. The highest BCUT2D eigenvalue weighted by Crippen LogP contribution is 2.32. The summed E-state index contributed by atoms with van der Waals surface area (Å²) in [5, 5.41) is 1.16. The number of nitrogens with zero attached hydrogens (tertiary/aromatic N) is 1. The Hall–Kier alpha value is -1.26. The number of H-pyrrole nitrogens is 1. The first-order chi connectivity index (χ1) is 11.7. The zero-order valence-electron chi connectivity index (χ0n) is 14.2. The monoisotopic (exact) mass is 402 g/mol. The number of pyridine rings is 1. The number of nitrogens with one attached hydrogen (secondary N) is 1. The summed E-state index contributed by atoms with van der Waals surface area (Å²) in [5.74, 6) is 2.05. The Balaban J connectivity index is 1.78. The van der Waals surface area contributed by atoms with E-state index < -0.39 is 0 Å². The predicted molar refractivity (Wildman–Crippen MR) is 109 cm³/mol. The first-order valence-corrected chi connectivity index (χ1v) is 10.3. The van der Waals surface area contributed by atoms with Crippen molar-refractivity contribution in [3.63, 3.8) is 0 Å². The van der Waals surface area contributed by atoms with E-state index in [-0.39, 0.29) is 0 Å². The van der Waals surface area contributed by atoms with Crippen molar-refractivity contribution in [2.75, 3.05) is 5.75 Å². The molecule has 1 N–H and O–H groups in total. The lowest BCUT2D eigenvalue weighted by Crippen LogP contribution is -1.97. The molecule has 4 heteroatoms. The number of aromatic amines is 1. The van der Waals surface area contributed by atoms with Gasteiger partial charge in [0.1, 0.15) is 5.65 Å². The maximum atomic E-state index is 4.43. The van der Waals surface area contributed by atoms with Crippen LogP contribution < -0.4 is 0 Å². The van der Waals surface area contributed by atoms with Crippen LogP contribution in [0.4, 0.5) is 0 Å². The largest absolute Gasteiger partial charge is 0.346 e. The highest BCUT2D eigenvalue weighted by molar-refractivity contribution is 9.10. The minimum atomic E-state index is 0.859. The van der Waals surface area contributed by atoms with Crippen molar-refractivity contribution >= 4 is 38.7 Å². The van der Waals surface area contributed by atoms with Crippen LogP contribution in [-0.4, -0.2) is 15.7 Å². The van der Waals surface area contributed by atoms with E-state index in [2.05, 4.69) is 76.3 Å². The van der Waals surface area contributed by atoms with E-state index in [1.54, 1.807) is 0 Å². The van der Waals surface area contributed by atoms with Gasteiger partial charge in [0.2, 0.25) is 0 Å². The molecular formula is C20H23BrN2S. The van der Waals surface area contributed by atoms with Crippen molar-refractivity contribution in [1.29, 1.82) is 0 Å². The molecule has 0 radical (unpaired) electrons. The molecule has 1 aromatic carbocycles.